The van der Waals surface area contributed by atoms with E-state index in [1.807, 2.05) is 0 Å². The Balaban J connectivity index is 2.62. The molecular weight excluding hydrogens is 297 g/mol. The zero-order valence-corrected chi connectivity index (χ0v) is 11.2. The zero-order chi connectivity index (χ0) is 13.3. The Labute approximate surface area is 118 Å². The maximum absolute atomic E-state index is 13.8. The van der Waals surface area contributed by atoms with Crippen molar-refractivity contribution in [1.29, 1.82) is 0 Å². The number of hydrogen-bond acceptors (Lipinski definition) is 1. The van der Waals surface area contributed by atoms with Gasteiger partial charge in [-0.15, -0.1) is 0 Å². The van der Waals surface area contributed by atoms with Crippen LogP contribution >= 0.6 is 34.8 Å². The van der Waals surface area contributed by atoms with Gasteiger partial charge >= 0.3 is 0 Å². The third-order valence-corrected chi connectivity index (χ3v) is 3.18. The van der Waals surface area contributed by atoms with E-state index in [1.54, 1.807) is 12.1 Å². The zero-order valence-electron chi connectivity index (χ0n) is 8.88. The van der Waals surface area contributed by atoms with Crippen LogP contribution in [0.1, 0.15) is 10.4 Å². The van der Waals surface area contributed by atoms with Crippen LogP contribution < -0.4 is 0 Å². The van der Waals surface area contributed by atoms with Gasteiger partial charge in [0.05, 0.1) is 0 Å². The summed E-state index contributed by atoms with van der Waals surface area (Å²) in [4.78, 5) is 11.1. The minimum absolute atomic E-state index is 0.207. The second-order valence-corrected chi connectivity index (χ2v) is 4.78. The van der Waals surface area contributed by atoms with Crippen molar-refractivity contribution in [1.82, 2.24) is 0 Å². The van der Waals surface area contributed by atoms with Gasteiger partial charge in [-0.3, -0.25) is 4.79 Å². The van der Waals surface area contributed by atoms with Gasteiger partial charge < -0.3 is 0 Å². The van der Waals surface area contributed by atoms with Crippen LogP contribution in [-0.2, 0) is 0 Å². The van der Waals surface area contributed by atoms with Gasteiger partial charge in [0, 0.05) is 26.7 Å². The summed E-state index contributed by atoms with van der Waals surface area (Å²) in [5.74, 6) is -0.485. The fourth-order valence-corrected chi connectivity index (χ4v) is 2.19. The molecule has 2 aromatic carbocycles. The normalized spacial score (nSPS) is 10.4. The van der Waals surface area contributed by atoms with Gasteiger partial charge in [0.2, 0.25) is 0 Å². The fraction of sp³-hybridized carbons (Fsp3) is 0. The molecule has 0 saturated heterocycles. The van der Waals surface area contributed by atoms with E-state index in [1.165, 1.54) is 24.3 Å². The van der Waals surface area contributed by atoms with Gasteiger partial charge in [0.1, 0.15) is 5.82 Å². The summed E-state index contributed by atoms with van der Waals surface area (Å²) >= 11 is 17.1. The van der Waals surface area contributed by atoms with Gasteiger partial charge in [-0.1, -0.05) is 29.3 Å². The molecule has 0 aliphatic carbocycles. The van der Waals surface area contributed by atoms with Crippen molar-refractivity contribution in [3.63, 3.8) is 0 Å². The average molecular weight is 304 g/mol. The van der Waals surface area contributed by atoms with Crippen molar-refractivity contribution in [2.45, 2.75) is 0 Å². The van der Waals surface area contributed by atoms with Crippen molar-refractivity contribution in [3.8, 4) is 11.1 Å². The average Bonchev–Trinajstić information content (AvgIpc) is 2.30. The minimum atomic E-state index is -0.652. The summed E-state index contributed by atoms with van der Waals surface area (Å²) in [6.45, 7) is 0. The van der Waals surface area contributed by atoms with Crippen LogP contribution in [0, 0.1) is 5.82 Å². The number of hydrogen-bond donors (Lipinski definition) is 0. The van der Waals surface area contributed by atoms with Crippen molar-refractivity contribution < 1.29 is 9.18 Å². The van der Waals surface area contributed by atoms with E-state index in [0.717, 1.165) is 0 Å². The van der Waals surface area contributed by atoms with Crippen molar-refractivity contribution in [3.05, 3.63) is 57.8 Å². The van der Waals surface area contributed by atoms with Crippen LogP contribution in [0.5, 0.6) is 0 Å². The Bertz CT molecular complexity index is 626. The Hall–Kier alpha value is -1.09. The molecule has 18 heavy (non-hydrogen) atoms. The maximum atomic E-state index is 13.8. The summed E-state index contributed by atoms with van der Waals surface area (Å²) < 4.78 is 13.8. The molecule has 2 aromatic rings. The number of carbonyl (C=O) groups excluding carboxylic acids is 1. The summed E-state index contributed by atoms with van der Waals surface area (Å²) in [7, 11) is 0. The fourth-order valence-electron chi connectivity index (χ4n) is 1.56. The highest BCUT2D eigenvalue weighted by atomic mass is 35.5. The molecule has 0 aromatic heterocycles. The SMILES string of the molecule is O=C(Cl)c1ccc(F)c(-c2ccc(Cl)cc2Cl)c1. The Kier molecular flexibility index (Phi) is 3.91. The predicted octanol–water partition coefficient (Wildman–Crippen LogP) is 5.18. The highest BCUT2D eigenvalue weighted by molar-refractivity contribution is 6.67. The molecule has 0 fully saturated rings. The van der Waals surface area contributed by atoms with Crippen LogP contribution in [-0.4, -0.2) is 5.24 Å². The smallest absolute Gasteiger partial charge is 0.252 e. The monoisotopic (exact) mass is 302 g/mol. The molecule has 0 bridgehead atoms. The van der Waals surface area contributed by atoms with Crippen molar-refractivity contribution >= 4 is 40.0 Å². The van der Waals surface area contributed by atoms with Crippen LogP contribution in [0.25, 0.3) is 11.1 Å². The standard InChI is InChI=1S/C13H6Cl3FO/c14-8-2-3-9(11(15)6-8)10-5-7(13(16)18)1-4-12(10)17/h1-6H. The van der Waals surface area contributed by atoms with Gasteiger partial charge in [-0.25, -0.2) is 4.39 Å². The molecule has 0 saturated carbocycles. The summed E-state index contributed by atoms with van der Waals surface area (Å²) in [6.07, 6.45) is 0. The molecule has 92 valence electrons. The molecular formula is C13H6Cl3FO. The second kappa shape index (κ2) is 5.27. The van der Waals surface area contributed by atoms with Gasteiger partial charge in [-0.2, -0.15) is 0 Å². The topological polar surface area (TPSA) is 17.1 Å². The number of rotatable bonds is 2. The highest BCUT2D eigenvalue weighted by Crippen LogP contribution is 2.32. The molecule has 0 spiro atoms. The molecule has 0 atom stereocenters. The summed E-state index contributed by atoms with van der Waals surface area (Å²) in [6, 6.07) is 8.55. The second-order valence-electron chi connectivity index (χ2n) is 3.59. The third kappa shape index (κ3) is 2.66. The Morgan fingerprint density at radius 3 is 2.33 bits per heavy atom. The molecule has 0 amide bonds. The van der Waals surface area contributed by atoms with Crippen LogP contribution in [0.3, 0.4) is 0 Å². The first-order chi connectivity index (χ1) is 8.49. The lowest BCUT2D eigenvalue weighted by molar-refractivity contribution is 0.108. The molecule has 0 radical (unpaired) electrons. The van der Waals surface area contributed by atoms with E-state index < -0.39 is 11.1 Å². The molecule has 5 heteroatoms. The first-order valence-corrected chi connectivity index (χ1v) is 6.07. The third-order valence-electron chi connectivity index (χ3n) is 2.41. The molecule has 0 heterocycles. The lowest BCUT2D eigenvalue weighted by atomic mass is 10.0. The van der Waals surface area contributed by atoms with E-state index >= 15 is 0 Å². The molecule has 2 rings (SSSR count). The molecule has 0 unspecified atom stereocenters. The molecule has 0 N–H and O–H groups in total. The first kappa shape index (κ1) is 13.3. The van der Waals surface area contributed by atoms with Gasteiger partial charge in [0.15, 0.2) is 0 Å². The molecule has 0 aliphatic heterocycles. The van der Waals surface area contributed by atoms with Crippen molar-refractivity contribution in [2.24, 2.45) is 0 Å². The number of benzene rings is 2. The highest BCUT2D eigenvalue weighted by Gasteiger charge is 2.12. The van der Waals surface area contributed by atoms with E-state index in [0.29, 0.717) is 15.6 Å². The van der Waals surface area contributed by atoms with E-state index in [4.69, 9.17) is 34.8 Å². The summed E-state index contributed by atoms with van der Waals surface area (Å²) in [5, 5.41) is 0.107. The largest absolute Gasteiger partial charge is 0.276 e. The van der Waals surface area contributed by atoms with E-state index in [2.05, 4.69) is 0 Å². The number of halogens is 4. The molecule has 1 nitrogen and oxygen atoms in total. The lowest BCUT2D eigenvalue weighted by Gasteiger charge is -2.07. The Morgan fingerprint density at radius 2 is 1.72 bits per heavy atom. The van der Waals surface area contributed by atoms with E-state index in [9.17, 15) is 9.18 Å². The van der Waals surface area contributed by atoms with Crippen molar-refractivity contribution in [2.75, 3.05) is 0 Å². The summed E-state index contributed by atoms with van der Waals surface area (Å²) in [5.41, 5.74) is 0.876. The van der Waals surface area contributed by atoms with Gasteiger partial charge in [-0.05, 0) is 41.9 Å². The minimum Gasteiger partial charge on any atom is -0.276 e. The maximum Gasteiger partial charge on any atom is 0.252 e. The quantitative estimate of drug-likeness (QED) is 0.699. The van der Waals surface area contributed by atoms with Crippen LogP contribution in [0.4, 0.5) is 4.39 Å². The lowest BCUT2D eigenvalue weighted by Crippen LogP contribution is -1.93. The van der Waals surface area contributed by atoms with Crippen LogP contribution in [0.15, 0.2) is 36.4 Å². The Morgan fingerprint density at radius 1 is 1.00 bits per heavy atom. The van der Waals surface area contributed by atoms with Crippen LogP contribution in [0.2, 0.25) is 10.0 Å². The molecule has 0 aliphatic rings. The first-order valence-electron chi connectivity index (χ1n) is 4.94. The van der Waals surface area contributed by atoms with E-state index in [-0.39, 0.29) is 11.1 Å². The predicted molar refractivity (Wildman–Crippen MR) is 72.0 cm³/mol. The van der Waals surface area contributed by atoms with Gasteiger partial charge in [0.25, 0.3) is 5.24 Å². The number of carbonyl (C=O) groups is 1.